The van der Waals surface area contributed by atoms with Crippen molar-refractivity contribution >= 4 is 11.6 Å². The number of hydrogen-bond donors (Lipinski definition) is 0. The summed E-state index contributed by atoms with van der Waals surface area (Å²) in [4.78, 5) is 11.3. The maximum Gasteiger partial charge on any atom is 0.435 e. The number of nitrogens with zero attached hydrogens (tertiary/aromatic N) is 7. The molecule has 0 saturated carbocycles. The molecule has 0 aliphatic carbocycles. The average Bonchev–Trinajstić information content (AvgIpc) is 3.37. The first-order valence-electron chi connectivity index (χ1n) is 9.93. The summed E-state index contributed by atoms with van der Waals surface area (Å²) >= 11 is 0. The van der Waals surface area contributed by atoms with Gasteiger partial charge in [0.05, 0.1) is 5.69 Å². The first kappa shape index (κ1) is 21.5. The number of hydrogen-bond acceptors (Lipinski definition) is 5. The topological polar surface area (TPSA) is 64.7 Å². The van der Waals surface area contributed by atoms with Crippen LogP contribution in [0.5, 0.6) is 0 Å². The highest BCUT2D eigenvalue weighted by atomic mass is 19.4. The Morgan fingerprint density at radius 2 is 1.28 bits per heavy atom. The first-order chi connectivity index (χ1) is 15.0. The van der Waals surface area contributed by atoms with Crippen molar-refractivity contribution in [1.82, 2.24) is 29.5 Å². The standard InChI is InChI=1S/C22H22F3N7/c1-15-11-13-30(28-15)17-7-5-9-19(26-17)32(21(2,3)4)20-10-6-8-18(27-20)31-14-12-16(29-31)22(23,24)25/h5-14H,1-4H3. The van der Waals surface area contributed by atoms with E-state index in [9.17, 15) is 13.2 Å². The van der Waals surface area contributed by atoms with E-state index < -0.39 is 17.4 Å². The second-order valence-electron chi connectivity index (χ2n) is 8.26. The van der Waals surface area contributed by atoms with Gasteiger partial charge in [0.2, 0.25) is 0 Å². The largest absolute Gasteiger partial charge is 0.435 e. The molecule has 0 aliphatic heterocycles. The molecule has 0 unspecified atom stereocenters. The molecule has 0 radical (unpaired) electrons. The van der Waals surface area contributed by atoms with Gasteiger partial charge in [-0.25, -0.2) is 19.3 Å². The van der Waals surface area contributed by atoms with E-state index in [2.05, 4.69) is 15.2 Å². The molecule has 7 nitrogen and oxygen atoms in total. The van der Waals surface area contributed by atoms with Crippen LogP contribution in [0.2, 0.25) is 0 Å². The molecule has 0 bridgehead atoms. The molecule has 4 rings (SSSR count). The van der Waals surface area contributed by atoms with E-state index in [1.165, 1.54) is 6.20 Å². The summed E-state index contributed by atoms with van der Waals surface area (Å²) in [6.45, 7) is 7.91. The van der Waals surface area contributed by atoms with Gasteiger partial charge in [0.15, 0.2) is 17.3 Å². The van der Waals surface area contributed by atoms with Gasteiger partial charge in [0.1, 0.15) is 11.6 Å². The van der Waals surface area contributed by atoms with Gasteiger partial charge in [0.25, 0.3) is 0 Å². The van der Waals surface area contributed by atoms with Gasteiger partial charge in [-0.05, 0) is 64.1 Å². The fourth-order valence-corrected chi connectivity index (χ4v) is 3.28. The molecule has 4 aromatic rings. The molecule has 0 spiro atoms. The Morgan fingerprint density at radius 3 is 1.72 bits per heavy atom. The van der Waals surface area contributed by atoms with Crippen LogP contribution in [0.15, 0.2) is 60.9 Å². The van der Waals surface area contributed by atoms with Gasteiger partial charge in [-0.2, -0.15) is 23.4 Å². The third-order valence-electron chi connectivity index (χ3n) is 4.64. The number of halogens is 3. The number of pyridine rings is 2. The molecule has 0 aromatic carbocycles. The Morgan fingerprint density at radius 1 is 0.750 bits per heavy atom. The summed E-state index contributed by atoms with van der Waals surface area (Å²) in [5.41, 5.74) is -0.531. The van der Waals surface area contributed by atoms with Gasteiger partial charge in [-0.15, -0.1) is 0 Å². The van der Waals surface area contributed by atoms with Crippen molar-refractivity contribution in [3.63, 3.8) is 0 Å². The third kappa shape index (κ3) is 4.34. The third-order valence-corrected chi connectivity index (χ3v) is 4.64. The summed E-state index contributed by atoms with van der Waals surface area (Å²) in [5.74, 6) is 2.07. The maximum absolute atomic E-state index is 13.0. The minimum Gasteiger partial charge on any atom is -0.305 e. The van der Waals surface area contributed by atoms with Crippen molar-refractivity contribution in [2.24, 2.45) is 0 Å². The van der Waals surface area contributed by atoms with Crippen LogP contribution in [0.4, 0.5) is 24.8 Å². The molecular formula is C22H22F3N7. The summed E-state index contributed by atoms with van der Waals surface area (Å²) in [7, 11) is 0. The van der Waals surface area contributed by atoms with Crippen molar-refractivity contribution in [2.45, 2.75) is 39.4 Å². The quantitative estimate of drug-likeness (QED) is 0.440. The number of rotatable bonds is 4. The number of aromatic nitrogens is 6. The lowest BCUT2D eigenvalue weighted by molar-refractivity contribution is -0.141. The lowest BCUT2D eigenvalue weighted by Gasteiger charge is -2.36. The van der Waals surface area contributed by atoms with E-state index in [1.54, 1.807) is 22.9 Å². The fourth-order valence-electron chi connectivity index (χ4n) is 3.28. The van der Waals surface area contributed by atoms with Crippen LogP contribution in [0.3, 0.4) is 0 Å². The highest BCUT2D eigenvalue weighted by molar-refractivity contribution is 5.60. The monoisotopic (exact) mass is 441 g/mol. The normalized spacial score (nSPS) is 12.2. The van der Waals surface area contributed by atoms with Crippen molar-refractivity contribution in [1.29, 1.82) is 0 Å². The molecule has 0 fully saturated rings. The van der Waals surface area contributed by atoms with Gasteiger partial charge >= 0.3 is 6.18 Å². The Balaban J connectivity index is 1.76. The average molecular weight is 441 g/mol. The van der Waals surface area contributed by atoms with Crippen molar-refractivity contribution in [3.05, 3.63) is 72.3 Å². The van der Waals surface area contributed by atoms with Gasteiger partial charge in [-0.1, -0.05) is 12.1 Å². The minimum absolute atomic E-state index is 0.270. The summed E-state index contributed by atoms with van der Waals surface area (Å²) in [6, 6.07) is 13.5. The van der Waals surface area contributed by atoms with Gasteiger partial charge in [0, 0.05) is 17.9 Å². The molecule has 0 amide bonds. The highest BCUT2D eigenvalue weighted by Crippen LogP contribution is 2.32. The van der Waals surface area contributed by atoms with Crippen LogP contribution in [-0.2, 0) is 6.18 Å². The number of anilines is 2. The number of aryl methyl sites for hydroxylation is 1. The van der Waals surface area contributed by atoms with E-state index >= 15 is 0 Å². The zero-order valence-electron chi connectivity index (χ0n) is 18.0. The molecule has 166 valence electrons. The maximum atomic E-state index is 13.0. The molecule has 0 atom stereocenters. The van der Waals surface area contributed by atoms with Crippen LogP contribution in [0, 0.1) is 6.92 Å². The molecule has 32 heavy (non-hydrogen) atoms. The zero-order chi connectivity index (χ0) is 23.1. The van der Waals surface area contributed by atoms with E-state index in [0.717, 1.165) is 16.4 Å². The molecule has 4 heterocycles. The second-order valence-corrected chi connectivity index (χ2v) is 8.26. The summed E-state index contributed by atoms with van der Waals surface area (Å²) in [5, 5.41) is 8.04. The molecular weight excluding hydrogens is 419 g/mol. The Kier molecular flexibility index (Phi) is 5.23. The predicted molar refractivity (Wildman–Crippen MR) is 114 cm³/mol. The molecule has 4 aromatic heterocycles. The lowest BCUT2D eigenvalue weighted by atomic mass is 10.1. The van der Waals surface area contributed by atoms with Gasteiger partial charge in [-0.3, -0.25) is 0 Å². The molecule has 0 saturated heterocycles. The lowest BCUT2D eigenvalue weighted by Crippen LogP contribution is -2.39. The van der Waals surface area contributed by atoms with E-state index in [-0.39, 0.29) is 5.82 Å². The van der Waals surface area contributed by atoms with E-state index in [4.69, 9.17) is 4.98 Å². The Hall–Kier alpha value is -3.69. The van der Waals surface area contributed by atoms with E-state index in [0.29, 0.717) is 17.5 Å². The zero-order valence-corrected chi connectivity index (χ0v) is 18.0. The van der Waals surface area contributed by atoms with Crippen LogP contribution in [0.25, 0.3) is 11.6 Å². The molecule has 0 N–H and O–H groups in total. The van der Waals surface area contributed by atoms with E-state index in [1.807, 2.05) is 63.1 Å². The van der Waals surface area contributed by atoms with Crippen LogP contribution in [0.1, 0.15) is 32.2 Å². The van der Waals surface area contributed by atoms with Crippen LogP contribution >= 0.6 is 0 Å². The SMILES string of the molecule is Cc1ccn(-c2cccc(N(c3cccc(-n4ccc(C(F)(F)F)n4)n3)C(C)(C)C)n2)n1. The molecule has 0 aliphatic rings. The number of alkyl halides is 3. The minimum atomic E-state index is -4.52. The van der Waals surface area contributed by atoms with Crippen molar-refractivity contribution in [3.8, 4) is 11.6 Å². The van der Waals surface area contributed by atoms with Crippen LogP contribution < -0.4 is 4.90 Å². The van der Waals surface area contributed by atoms with Crippen molar-refractivity contribution in [2.75, 3.05) is 4.90 Å². The second kappa shape index (κ2) is 7.77. The predicted octanol–water partition coefficient (Wildman–Crippen LogP) is 5.11. The van der Waals surface area contributed by atoms with Crippen LogP contribution in [-0.4, -0.2) is 35.1 Å². The smallest absolute Gasteiger partial charge is 0.305 e. The Labute approximate surface area is 183 Å². The van der Waals surface area contributed by atoms with Gasteiger partial charge < -0.3 is 4.90 Å². The molecule has 10 heteroatoms. The summed E-state index contributed by atoms with van der Waals surface area (Å²) in [6.07, 6.45) is -1.44. The summed E-state index contributed by atoms with van der Waals surface area (Å²) < 4.78 is 41.7. The first-order valence-corrected chi connectivity index (χ1v) is 9.93. The van der Waals surface area contributed by atoms with Crippen molar-refractivity contribution < 1.29 is 13.2 Å². The fraction of sp³-hybridized carbons (Fsp3) is 0.273. The highest BCUT2D eigenvalue weighted by Gasteiger charge is 2.34. The Bertz CT molecular complexity index is 1230.